The largest absolute Gasteiger partial charge is 0.285 e. The first-order valence-corrected chi connectivity index (χ1v) is 10.2. The third-order valence-electron chi connectivity index (χ3n) is 4.76. The number of fused-ring (bicyclic) bond motifs is 1. The summed E-state index contributed by atoms with van der Waals surface area (Å²) in [5.74, 6) is 0. The molecule has 0 atom stereocenters. The summed E-state index contributed by atoms with van der Waals surface area (Å²) >= 11 is 13.9. The van der Waals surface area contributed by atoms with Crippen molar-refractivity contribution < 1.29 is 4.57 Å². The maximum atomic E-state index is 6.09. The molecular formula is C21H18Cl2N2S. The second kappa shape index (κ2) is 6.73. The number of rotatable bonds is 3. The van der Waals surface area contributed by atoms with E-state index in [4.69, 9.17) is 23.2 Å². The van der Waals surface area contributed by atoms with Crippen molar-refractivity contribution in [1.82, 2.24) is 4.57 Å². The maximum absolute atomic E-state index is 6.09. The molecule has 26 heavy (non-hydrogen) atoms. The number of aryl methyl sites for hydroxylation is 2. The van der Waals surface area contributed by atoms with Gasteiger partial charge in [-0.2, -0.15) is 0 Å². The van der Waals surface area contributed by atoms with Gasteiger partial charge in [0.1, 0.15) is 11.0 Å². The minimum absolute atomic E-state index is 0.747. The summed E-state index contributed by atoms with van der Waals surface area (Å²) in [7, 11) is 4.25. The Morgan fingerprint density at radius 3 is 2.00 bits per heavy atom. The quantitative estimate of drug-likeness (QED) is 0.229. The second-order valence-corrected chi connectivity index (χ2v) is 7.93. The zero-order valence-electron chi connectivity index (χ0n) is 14.8. The fraction of sp³-hybridized carbons (Fsp3) is 0.143. The number of thioether (sulfide) groups is 1. The van der Waals surface area contributed by atoms with Crippen molar-refractivity contribution in [2.75, 3.05) is 6.26 Å². The molecule has 4 rings (SSSR count). The molecule has 0 bridgehead atoms. The molecule has 0 fully saturated rings. The molecule has 3 aromatic carbocycles. The number of hydrogen-bond acceptors (Lipinski definition) is 1. The van der Waals surface area contributed by atoms with E-state index < -0.39 is 0 Å². The van der Waals surface area contributed by atoms with Crippen LogP contribution < -0.4 is 4.57 Å². The van der Waals surface area contributed by atoms with Gasteiger partial charge >= 0.3 is 0 Å². The fourth-order valence-electron chi connectivity index (χ4n) is 3.60. The van der Waals surface area contributed by atoms with E-state index >= 15 is 0 Å². The minimum Gasteiger partial charge on any atom is -0.285 e. The lowest BCUT2D eigenvalue weighted by atomic mass is 10.1. The van der Waals surface area contributed by atoms with Gasteiger partial charge in [-0.1, -0.05) is 93.6 Å². The van der Waals surface area contributed by atoms with Crippen LogP contribution in [-0.4, -0.2) is 10.8 Å². The van der Waals surface area contributed by atoms with Crippen molar-refractivity contribution in [2.24, 2.45) is 14.1 Å². The Kier molecular flexibility index (Phi) is 4.55. The van der Waals surface area contributed by atoms with E-state index in [2.05, 4.69) is 59.8 Å². The molecule has 4 aromatic rings. The number of imidazole rings is 1. The highest BCUT2D eigenvalue weighted by atomic mass is 35.5. The van der Waals surface area contributed by atoms with Crippen LogP contribution in [0.2, 0.25) is 10.0 Å². The van der Waals surface area contributed by atoms with Crippen LogP contribution in [-0.2, 0) is 14.1 Å². The van der Waals surface area contributed by atoms with Crippen molar-refractivity contribution in [2.45, 2.75) is 5.16 Å². The Morgan fingerprint density at radius 1 is 0.923 bits per heavy atom. The Balaban J connectivity index is 2.06. The number of halogens is 2. The lowest BCUT2D eigenvalue weighted by Gasteiger charge is -2.07. The van der Waals surface area contributed by atoms with Crippen molar-refractivity contribution in [3.63, 3.8) is 0 Å². The molecule has 5 heteroatoms. The van der Waals surface area contributed by atoms with Gasteiger partial charge in [-0.15, -0.1) is 6.07 Å². The minimum atomic E-state index is 0.747. The summed E-state index contributed by atoms with van der Waals surface area (Å²) in [5, 5.41) is 2.70. The highest BCUT2D eigenvalue weighted by Gasteiger charge is 2.21. The second-order valence-electron chi connectivity index (χ2n) is 6.29. The monoisotopic (exact) mass is 400 g/mol. The first kappa shape index (κ1) is 17.6. The molecule has 0 saturated heterocycles. The molecule has 1 aromatic heterocycles. The third kappa shape index (κ3) is 2.75. The third-order valence-corrected chi connectivity index (χ3v) is 6.18. The molecule has 0 radical (unpaired) electrons. The summed E-state index contributed by atoms with van der Waals surface area (Å²) in [4.78, 5) is 0. The molecule has 0 amide bonds. The van der Waals surface area contributed by atoms with Crippen LogP contribution in [0.25, 0.3) is 33.3 Å². The lowest BCUT2D eigenvalue weighted by Crippen LogP contribution is -2.29. The molecular weight excluding hydrogens is 383 g/mol. The summed E-state index contributed by atoms with van der Waals surface area (Å²) in [5.41, 5.74) is 7.19. The molecule has 0 unspecified atom stereocenters. The van der Waals surface area contributed by atoms with Crippen molar-refractivity contribution in [3.8, 4) is 22.3 Å². The maximum Gasteiger partial charge on any atom is 0.260 e. The number of aromatic nitrogens is 2. The van der Waals surface area contributed by atoms with Gasteiger partial charge in [-0.3, -0.25) is 9.13 Å². The number of benzene rings is 2. The van der Waals surface area contributed by atoms with E-state index in [0.717, 1.165) is 21.2 Å². The molecule has 0 spiro atoms. The van der Waals surface area contributed by atoms with Gasteiger partial charge in [-0.25, -0.2) is 0 Å². The summed E-state index contributed by atoms with van der Waals surface area (Å²) in [6.07, 6.45) is 2.11. The van der Waals surface area contributed by atoms with E-state index in [-0.39, 0.29) is 0 Å². The Hall–Kier alpha value is -1.81. The fourth-order valence-corrected chi connectivity index (χ4v) is 4.59. The molecule has 0 aliphatic heterocycles. The zero-order valence-corrected chi connectivity index (χ0v) is 17.1. The highest BCUT2D eigenvalue weighted by Crippen LogP contribution is 2.39. The smallest absolute Gasteiger partial charge is 0.260 e. The molecule has 2 nitrogen and oxygen atoms in total. The standard InChI is InChI=1S/C21H18Cl2N2S/c1-24-19-17(13-4-8-15(22)9-5-13)12-18(14-6-10-16(23)11-7-14)20(19)25(2)21(24)26-3/h4-12H,1-3H3. The van der Waals surface area contributed by atoms with Crippen molar-refractivity contribution in [1.29, 1.82) is 0 Å². The normalized spacial score (nSPS) is 11.4. The summed E-state index contributed by atoms with van der Waals surface area (Å²) in [6, 6.07) is 18.3. The topological polar surface area (TPSA) is 8.81 Å². The van der Waals surface area contributed by atoms with Gasteiger partial charge in [0.15, 0.2) is 0 Å². The lowest BCUT2D eigenvalue weighted by molar-refractivity contribution is -0.685. The average Bonchev–Trinajstić information content (AvgIpc) is 3.14. The van der Waals surface area contributed by atoms with Gasteiger partial charge in [0.05, 0.1) is 14.1 Å². The van der Waals surface area contributed by atoms with E-state index in [1.165, 1.54) is 27.3 Å². The molecule has 0 aliphatic carbocycles. The van der Waals surface area contributed by atoms with Gasteiger partial charge in [0.2, 0.25) is 0 Å². The Bertz CT molecular complexity index is 1010. The molecule has 0 saturated carbocycles. The van der Waals surface area contributed by atoms with E-state index in [1.807, 2.05) is 24.3 Å². The van der Waals surface area contributed by atoms with E-state index in [9.17, 15) is 0 Å². The van der Waals surface area contributed by atoms with Crippen LogP contribution in [0.15, 0.2) is 59.8 Å². The van der Waals surface area contributed by atoms with Crippen LogP contribution >= 0.6 is 35.0 Å². The Morgan fingerprint density at radius 2 is 1.46 bits per heavy atom. The van der Waals surface area contributed by atoms with Crippen LogP contribution in [0, 0.1) is 0 Å². The van der Waals surface area contributed by atoms with Crippen LogP contribution in [0.3, 0.4) is 0 Å². The van der Waals surface area contributed by atoms with Gasteiger partial charge in [-0.05, 0) is 18.4 Å². The highest BCUT2D eigenvalue weighted by molar-refractivity contribution is 7.98. The number of nitrogens with zero attached hydrogens (tertiary/aromatic N) is 2. The van der Waals surface area contributed by atoms with Crippen molar-refractivity contribution >= 4 is 46.0 Å². The molecule has 0 N–H and O–H groups in total. The molecule has 1 heterocycles. The summed E-state index contributed by atoms with van der Waals surface area (Å²) < 4.78 is 4.53. The van der Waals surface area contributed by atoms with Crippen LogP contribution in [0.1, 0.15) is 0 Å². The first-order chi connectivity index (χ1) is 12.5. The van der Waals surface area contributed by atoms with E-state index in [0.29, 0.717) is 0 Å². The number of hydrogen-bond donors (Lipinski definition) is 0. The SMILES string of the molecule is CSc1n(C)c2c(-c3ccc(Cl)cc3)cc(-c3ccc(Cl)cc3)[c-]2[n+]1C. The van der Waals surface area contributed by atoms with Gasteiger partial charge in [0, 0.05) is 10.0 Å². The average molecular weight is 401 g/mol. The molecule has 132 valence electrons. The van der Waals surface area contributed by atoms with E-state index in [1.54, 1.807) is 11.8 Å². The van der Waals surface area contributed by atoms with Gasteiger partial charge in [0.25, 0.3) is 5.16 Å². The van der Waals surface area contributed by atoms with Crippen molar-refractivity contribution in [3.05, 3.63) is 64.6 Å². The van der Waals surface area contributed by atoms with Crippen LogP contribution in [0.5, 0.6) is 0 Å². The molecule has 0 aliphatic rings. The zero-order chi connectivity index (χ0) is 18.4. The van der Waals surface area contributed by atoms with Crippen LogP contribution in [0.4, 0.5) is 0 Å². The summed E-state index contributed by atoms with van der Waals surface area (Å²) in [6.45, 7) is 0. The van der Waals surface area contributed by atoms with Gasteiger partial charge < -0.3 is 0 Å². The predicted molar refractivity (Wildman–Crippen MR) is 112 cm³/mol. The predicted octanol–water partition coefficient (Wildman–Crippen LogP) is 6.08. The first-order valence-electron chi connectivity index (χ1n) is 8.25. The Labute approximate surface area is 167 Å².